The van der Waals surface area contributed by atoms with Crippen LogP contribution in [0, 0.1) is 0 Å². The van der Waals surface area contributed by atoms with Crippen LogP contribution in [0.1, 0.15) is 38.9 Å². The number of benzene rings is 10. The molecule has 298 valence electrons. The number of hydrogen-bond donors (Lipinski definition) is 0. The van der Waals surface area contributed by atoms with Crippen LogP contribution in [-0.2, 0) is 11.8 Å². The molecule has 3 aliphatic carbocycles. The van der Waals surface area contributed by atoms with Crippen molar-refractivity contribution < 1.29 is 4.42 Å². The van der Waals surface area contributed by atoms with Gasteiger partial charge >= 0.3 is 0 Å². The molecule has 0 fully saturated rings. The van der Waals surface area contributed by atoms with Crippen molar-refractivity contribution in [3.05, 3.63) is 257 Å². The molecular weight excluding hydrogens is 775 g/mol. The first-order valence-corrected chi connectivity index (χ1v) is 22.3. The maximum Gasteiger partial charge on any atom is 0.137 e. The van der Waals surface area contributed by atoms with Crippen LogP contribution in [0.15, 0.2) is 223 Å². The number of rotatable bonds is 5. The second-order valence-electron chi connectivity index (χ2n) is 17.5. The molecule has 0 bridgehead atoms. The largest absolute Gasteiger partial charge is 0.456 e. The molecule has 64 heavy (non-hydrogen) atoms. The maximum absolute atomic E-state index is 6.94. The molecule has 0 saturated heterocycles. The second-order valence-corrected chi connectivity index (χ2v) is 17.5. The van der Waals surface area contributed by atoms with Gasteiger partial charge in [-0.2, -0.15) is 0 Å². The minimum absolute atomic E-state index is 0.482. The van der Waals surface area contributed by atoms with Gasteiger partial charge in [-0.05, 0) is 126 Å². The number of allylic oxidation sites excluding steroid dienone is 1. The summed E-state index contributed by atoms with van der Waals surface area (Å²) in [5.74, 6) is 0. The normalized spacial score (nSPS) is 13.8. The fraction of sp³-hybridized carbons (Fsp3) is 0.0323. The lowest BCUT2D eigenvalue weighted by molar-refractivity contribution is 0.669. The van der Waals surface area contributed by atoms with E-state index in [2.05, 4.69) is 229 Å². The molecule has 2 nitrogen and oxygen atoms in total. The average molecular weight is 814 g/mol. The molecule has 0 amide bonds. The molecule has 0 radical (unpaired) electrons. The van der Waals surface area contributed by atoms with Gasteiger partial charge in [0.2, 0.25) is 0 Å². The minimum atomic E-state index is -0.482. The van der Waals surface area contributed by atoms with Crippen molar-refractivity contribution in [1.82, 2.24) is 0 Å². The Morgan fingerprint density at radius 1 is 0.438 bits per heavy atom. The van der Waals surface area contributed by atoms with E-state index in [0.717, 1.165) is 50.8 Å². The van der Waals surface area contributed by atoms with Gasteiger partial charge in [-0.15, -0.1) is 0 Å². The van der Waals surface area contributed by atoms with Crippen molar-refractivity contribution in [2.45, 2.75) is 11.8 Å². The number of anilines is 3. The number of fused-ring (bicyclic) bond motifs is 15. The Balaban J connectivity index is 1.12. The summed E-state index contributed by atoms with van der Waals surface area (Å²) in [4.78, 5) is 2.57. The maximum atomic E-state index is 6.94. The third-order valence-corrected chi connectivity index (χ3v) is 14.3. The summed E-state index contributed by atoms with van der Waals surface area (Å²) in [6.45, 7) is 0. The molecule has 1 heterocycles. The Bertz CT molecular complexity index is 3710. The van der Waals surface area contributed by atoms with Gasteiger partial charge in [-0.3, -0.25) is 0 Å². The summed E-state index contributed by atoms with van der Waals surface area (Å²) in [6, 6.07) is 80.7. The van der Waals surface area contributed by atoms with Gasteiger partial charge in [-0.1, -0.05) is 182 Å². The van der Waals surface area contributed by atoms with Crippen LogP contribution in [0.5, 0.6) is 0 Å². The Kier molecular flexibility index (Phi) is 7.41. The summed E-state index contributed by atoms with van der Waals surface area (Å²) >= 11 is 0. The van der Waals surface area contributed by atoms with E-state index in [0.29, 0.717) is 0 Å². The topological polar surface area (TPSA) is 16.4 Å². The fourth-order valence-electron chi connectivity index (χ4n) is 11.6. The fourth-order valence-corrected chi connectivity index (χ4v) is 11.6. The molecule has 0 N–H and O–H groups in total. The molecular formula is C62H39NO. The molecule has 1 spiro atoms. The van der Waals surface area contributed by atoms with Gasteiger partial charge in [0.05, 0.1) is 22.2 Å². The molecule has 14 rings (SSSR count). The lowest BCUT2D eigenvalue weighted by Crippen LogP contribution is -2.26. The summed E-state index contributed by atoms with van der Waals surface area (Å²) in [5.41, 5.74) is 22.5. The number of furan rings is 1. The van der Waals surface area contributed by atoms with Crippen LogP contribution in [0.2, 0.25) is 0 Å². The molecule has 0 aliphatic heterocycles. The van der Waals surface area contributed by atoms with Gasteiger partial charge in [-0.25, -0.2) is 0 Å². The van der Waals surface area contributed by atoms with E-state index in [4.69, 9.17) is 4.42 Å². The Morgan fingerprint density at radius 3 is 1.80 bits per heavy atom. The highest BCUT2D eigenvalue weighted by Gasteiger charge is 2.52. The van der Waals surface area contributed by atoms with Crippen molar-refractivity contribution in [2.24, 2.45) is 0 Å². The van der Waals surface area contributed by atoms with Crippen LogP contribution in [0.3, 0.4) is 0 Å². The molecule has 2 heteroatoms. The predicted molar refractivity (Wildman–Crippen MR) is 266 cm³/mol. The standard InChI is InChI=1S/C62H39NO/c1-2-15-39(16-3-1)40-29-31-46(32-30-40)63(56-28-14-27-55-59(56)50-23-10-13-26-54(50)62(55)52-24-11-8-21-48(52)49-22-9-12-25-53(49)62)61-47(45-35-41-17-4-5-18-42(41)36-45)33-34-57-60(61)51-37-43-19-6-7-20-44(43)38-58(51)64-57/h1-35,37-38H,36H2. The molecule has 10 aromatic carbocycles. The van der Waals surface area contributed by atoms with E-state index in [-0.39, 0.29) is 0 Å². The third-order valence-electron chi connectivity index (χ3n) is 14.3. The van der Waals surface area contributed by atoms with Crippen molar-refractivity contribution in [1.29, 1.82) is 0 Å². The number of hydrogen-bond acceptors (Lipinski definition) is 2. The van der Waals surface area contributed by atoms with Gasteiger partial charge in [0.1, 0.15) is 11.2 Å². The Labute approximate surface area is 371 Å². The van der Waals surface area contributed by atoms with Gasteiger partial charge < -0.3 is 9.32 Å². The second kappa shape index (κ2) is 13.4. The van der Waals surface area contributed by atoms with E-state index in [1.54, 1.807) is 0 Å². The van der Waals surface area contributed by atoms with E-state index in [1.165, 1.54) is 83.3 Å². The van der Waals surface area contributed by atoms with Crippen molar-refractivity contribution in [3.63, 3.8) is 0 Å². The summed E-state index contributed by atoms with van der Waals surface area (Å²) in [6.07, 6.45) is 3.25. The zero-order chi connectivity index (χ0) is 41.9. The van der Waals surface area contributed by atoms with Gasteiger partial charge in [0.25, 0.3) is 0 Å². The highest BCUT2D eigenvalue weighted by molar-refractivity contribution is 6.19. The lowest BCUT2D eigenvalue weighted by Gasteiger charge is -2.33. The highest BCUT2D eigenvalue weighted by atomic mass is 16.3. The zero-order valence-electron chi connectivity index (χ0n) is 34.9. The highest BCUT2D eigenvalue weighted by Crippen LogP contribution is 2.65. The molecule has 0 atom stereocenters. The van der Waals surface area contributed by atoms with E-state index in [9.17, 15) is 0 Å². The molecule has 0 saturated carbocycles. The zero-order valence-corrected chi connectivity index (χ0v) is 34.9. The third kappa shape index (κ3) is 4.85. The Hall–Kier alpha value is -8.20. The first-order valence-electron chi connectivity index (χ1n) is 22.3. The smallest absolute Gasteiger partial charge is 0.137 e. The van der Waals surface area contributed by atoms with Crippen LogP contribution in [-0.4, -0.2) is 0 Å². The van der Waals surface area contributed by atoms with Crippen LogP contribution < -0.4 is 4.90 Å². The summed E-state index contributed by atoms with van der Waals surface area (Å²) < 4.78 is 6.94. The van der Waals surface area contributed by atoms with Crippen molar-refractivity contribution in [3.8, 4) is 33.4 Å². The monoisotopic (exact) mass is 813 g/mol. The summed E-state index contributed by atoms with van der Waals surface area (Å²) in [7, 11) is 0. The quantitative estimate of drug-likeness (QED) is 0.172. The predicted octanol–water partition coefficient (Wildman–Crippen LogP) is 16.3. The first kappa shape index (κ1) is 35.4. The molecule has 1 aromatic heterocycles. The molecule has 3 aliphatic rings. The first-order chi connectivity index (χ1) is 31.7. The van der Waals surface area contributed by atoms with Crippen molar-refractivity contribution in [2.75, 3.05) is 4.90 Å². The molecule has 11 aromatic rings. The van der Waals surface area contributed by atoms with Crippen LogP contribution in [0.25, 0.3) is 77.7 Å². The minimum Gasteiger partial charge on any atom is -0.456 e. The number of nitrogens with zero attached hydrogens (tertiary/aromatic N) is 1. The van der Waals surface area contributed by atoms with Gasteiger partial charge in [0, 0.05) is 22.2 Å². The van der Waals surface area contributed by atoms with E-state index < -0.39 is 5.41 Å². The Morgan fingerprint density at radius 2 is 1.05 bits per heavy atom. The van der Waals surface area contributed by atoms with Crippen LogP contribution in [0.4, 0.5) is 17.1 Å². The van der Waals surface area contributed by atoms with Crippen molar-refractivity contribution >= 4 is 61.4 Å². The lowest BCUT2D eigenvalue weighted by atomic mass is 9.70. The van der Waals surface area contributed by atoms with E-state index >= 15 is 0 Å². The molecule has 0 unspecified atom stereocenters. The summed E-state index contributed by atoms with van der Waals surface area (Å²) in [5, 5.41) is 4.57. The van der Waals surface area contributed by atoms with Crippen LogP contribution >= 0.6 is 0 Å². The SMILES string of the molecule is C1=C(c2ccc3oc4cc5ccccc5cc4c3c2N(c2ccc(-c3ccccc3)cc2)c2cccc3c2-c2ccccc2C32c3ccccc3-c3ccccc32)Cc2ccccc21. The van der Waals surface area contributed by atoms with E-state index in [1.807, 2.05) is 0 Å². The average Bonchev–Trinajstić information content (AvgIpc) is 4.11. The van der Waals surface area contributed by atoms with Gasteiger partial charge in [0.15, 0.2) is 0 Å².